The van der Waals surface area contributed by atoms with E-state index >= 15 is 0 Å². The van der Waals surface area contributed by atoms with E-state index in [1.165, 1.54) is 14.2 Å². The molecule has 0 spiro atoms. The highest BCUT2D eigenvalue weighted by Gasteiger charge is 2.34. The van der Waals surface area contributed by atoms with Crippen LogP contribution in [0.2, 0.25) is 0 Å². The van der Waals surface area contributed by atoms with Crippen LogP contribution in [0.3, 0.4) is 0 Å². The first-order valence-corrected chi connectivity index (χ1v) is 7.33. The largest absolute Gasteiger partial charge is 0.496 e. The van der Waals surface area contributed by atoms with E-state index in [2.05, 4.69) is 21.2 Å². The van der Waals surface area contributed by atoms with Crippen molar-refractivity contribution in [1.29, 1.82) is 0 Å². The summed E-state index contributed by atoms with van der Waals surface area (Å²) in [7, 11) is 2.90. The lowest BCUT2D eigenvalue weighted by atomic mass is 10.0. The number of ether oxygens (including phenoxy) is 2. The molecule has 0 aromatic heterocycles. The number of rotatable bonds is 7. The number of methoxy groups -OCH3 is 2. The molecule has 0 saturated carbocycles. The number of benzene rings is 1. The fourth-order valence-corrected chi connectivity index (χ4v) is 2.48. The van der Waals surface area contributed by atoms with Crippen LogP contribution in [0.1, 0.15) is 31.4 Å². The lowest BCUT2D eigenvalue weighted by Crippen LogP contribution is -2.27. The van der Waals surface area contributed by atoms with Crippen LogP contribution in [0.5, 0.6) is 11.5 Å². The zero-order valence-corrected chi connectivity index (χ0v) is 13.8. The number of nitrogens with one attached hydrogen (secondary N) is 1. The molecule has 7 heteroatoms. The van der Waals surface area contributed by atoms with Crippen LogP contribution in [-0.2, 0) is 0 Å². The average Bonchev–Trinajstić information content (AvgIpc) is 2.41. The minimum absolute atomic E-state index is 0.389. The van der Waals surface area contributed by atoms with Gasteiger partial charge in [0.2, 0.25) is 0 Å². The molecule has 0 aliphatic rings. The molecule has 1 aromatic carbocycles. The maximum atomic E-state index is 12.8. The third-order valence-electron chi connectivity index (χ3n) is 2.96. The molecule has 21 heavy (non-hydrogen) atoms. The second-order valence-electron chi connectivity index (χ2n) is 4.55. The molecule has 0 radical (unpaired) electrons. The monoisotopic (exact) mass is 369 g/mol. The van der Waals surface area contributed by atoms with Crippen LogP contribution in [0.15, 0.2) is 16.6 Å². The fraction of sp³-hybridized carbons (Fsp3) is 0.571. The van der Waals surface area contributed by atoms with Crippen molar-refractivity contribution in [3.8, 4) is 11.5 Å². The van der Waals surface area contributed by atoms with E-state index in [4.69, 9.17) is 9.47 Å². The van der Waals surface area contributed by atoms with Gasteiger partial charge in [-0.05, 0) is 41.0 Å². The van der Waals surface area contributed by atoms with Gasteiger partial charge < -0.3 is 14.8 Å². The summed E-state index contributed by atoms with van der Waals surface area (Å²) >= 11 is 3.30. The van der Waals surface area contributed by atoms with Gasteiger partial charge >= 0.3 is 6.18 Å². The molecule has 3 nitrogen and oxygen atoms in total. The van der Waals surface area contributed by atoms with Crippen molar-refractivity contribution in [3.05, 3.63) is 22.2 Å². The molecule has 0 aliphatic heterocycles. The summed E-state index contributed by atoms with van der Waals surface area (Å²) < 4.78 is 49.4. The van der Waals surface area contributed by atoms with E-state index in [-0.39, 0.29) is 0 Å². The van der Waals surface area contributed by atoms with E-state index in [9.17, 15) is 13.2 Å². The molecule has 0 bridgehead atoms. The zero-order chi connectivity index (χ0) is 16.0. The van der Waals surface area contributed by atoms with Gasteiger partial charge in [0, 0.05) is 11.6 Å². The Labute approximate surface area is 130 Å². The van der Waals surface area contributed by atoms with Crippen LogP contribution in [0.25, 0.3) is 0 Å². The van der Waals surface area contributed by atoms with Gasteiger partial charge in [0.25, 0.3) is 0 Å². The highest BCUT2D eigenvalue weighted by atomic mass is 79.9. The molecule has 1 aromatic rings. The Kier molecular flexibility index (Phi) is 6.80. The topological polar surface area (TPSA) is 30.5 Å². The smallest absolute Gasteiger partial charge is 0.390 e. The summed E-state index contributed by atoms with van der Waals surface area (Å²) in [5, 5.41) is 2.92. The minimum Gasteiger partial charge on any atom is -0.496 e. The van der Waals surface area contributed by atoms with Crippen molar-refractivity contribution < 1.29 is 22.6 Å². The molecule has 1 rings (SSSR count). The first-order chi connectivity index (χ1) is 9.82. The molecular weight excluding hydrogens is 351 g/mol. The second-order valence-corrected chi connectivity index (χ2v) is 5.41. The van der Waals surface area contributed by atoms with Crippen LogP contribution >= 0.6 is 15.9 Å². The van der Waals surface area contributed by atoms with Gasteiger partial charge in [-0.15, -0.1) is 0 Å². The molecule has 1 unspecified atom stereocenters. The highest BCUT2D eigenvalue weighted by Crippen LogP contribution is 2.39. The molecule has 0 aliphatic carbocycles. The number of halogens is 4. The van der Waals surface area contributed by atoms with E-state index in [0.717, 1.165) is 6.42 Å². The molecule has 0 saturated heterocycles. The Hall–Kier alpha value is -0.950. The summed E-state index contributed by atoms with van der Waals surface area (Å²) in [5.74, 6) is 0.858. The van der Waals surface area contributed by atoms with E-state index < -0.39 is 18.6 Å². The standard InChI is InChI=1S/C14H19BrF3NO2/c1-4-5-19-11(8-14(16,17)18)9-6-13(21-3)10(15)7-12(9)20-2/h6-7,11,19H,4-5,8H2,1-3H3. The van der Waals surface area contributed by atoms with Crippen molar-refractivity contribution in [2.24, 2.45) is 0 Å². The van der Waals surface area contributed by atoms with Crippen molar-refractivity contribution in [2.45, 2.75) is 32.0 Å². The van der Waals surface area contributed by atoms with E-state index in [1.54, 1.807) is 12.1 Å². The summed E-state index contributed by atoms with van der Waals surface area (Å²) in [5.41, 5.74) is 0.434. The van der Waals surface area contributed by atoms with Crippen LogP contribution in [-0.4, -0.2) is 26.9 Å². The van der Waals surface area contributed by atoms with Crippen molar-refractivity contribution in [3.63, 3.8) is 0 Å². The summed E-state index contributed by atoms with van der Waals surface area (Å²) in [4.78, 5) is 0. The number of alkyl halides is 3. The van der Waals surface area contributed by atoms with Gasteiger partial charge in [0.05, 0.1) is 25.1 Å². The Morgan fingerprint density at radius 2 is 1.81 bits per heavy atom. The van der Waals surface area contributed by atoms with Crippen molar-refractivity contribution in [1.82, 2.24) is 5.32 Å². The van der Waals surface area contributed by atoms with Crippen LogP contribution < -0.4 is 14.8 Å². The number of hydrogen-bond acceptors (Lipinski definition) is 3. The molecule has 1 atom stereocenters. The highest BCUT2D eigenvalue weighted by molar-refractivity contribution is 9.10. The summed E-state index contributed by atoms with van der Waals surface area (Å²) in [6.45, 7) is 2.39. The fourth-order valence-electron chi connectivity index (χ4n) is 2.00. The maximum Gasteiger partial charge on any atom is 0.390 e. The quantitative estimate of drug-likeness (QED) is 0.769. The lowest BCUT2D eigenvalue weighted by molar-refractivity contribution is -0.140. The SMILES string of the molecule is CCCNC(CC(F)(F)F)c1cc(OC)c(Br)cc1OC. The van der Waals surface area contributed by atoms with Gasteiger partial charge in [-0.2, -0.15) is 13.2 Å². The maximum absolute atomic E-state index is 12.8. The Morgan fingerprint density at radius 1 is 1.19 bits per heavy atom. The molecule has 1 N–H and O–H groups in total. The Morgan fingerprint density at radius 3 is 2.29 bits per heavy atom. The zero-order valence-electron chi connectivity index (χ0n) is 12.2. The first kappa shape index (κ1) is 18.1. The van der Waals surface area contributed by atoms with Crippen LogP contribution in [0, 0.1) is 0 Å². The summed E-state index contributed by atoms with van der Waals surface area (Å²) in [6, 6.07) is 2.31. The molecular formula is C14H19BrF3NO2. The predicted molar refractivity (Wildman–Crippen MR) is 79.0 cm³/mol. The predicted octanol–water partition coefficient (Wildman–Crippen LogP) is 4.46. The van der Waals surface area contributed by atoms with Gasteiger partial charge in [-0.25, -0.2) is 0 Å². The Bertz CT molecular complexity index is 466. The van der Waals surface area contributed by atoms with E-state index in [1.807, 2.05) is 6.92 Å². The summed E-state index contributed by atoms with van der Waals surface area (Å²) in [6.07, 6.45) is -4.49. The van der Waals surface area contributed by atoms with Crippen molar-refractivity contribution >= 4 is 15.9 Å². The second kappa shape index (κ2) is 7.89. The van der Waals surface area contributed by atoms with Crippen molar-refractivity contribution in [2.75, 3.05) is 20.8 Å². The average molecular weight is 370 g/mol. The van der Waals surface area contributed by atoms with E-state index in [0.29, 0.717) is 28.1 Å². The molecule has 0 amide bonds. The normalized spacial score (nSPS) is 13.1. The molecule has 120 valence electrons. The van der Waals surface area contributed by atoms with Gasteiger partial charge in [0.15, 0.2) is 0 Å². The van der Waals surface area contributed by atoms with Crippen LogP contribution in [0.4, 0.5) is 13.2 Å². The Balaban J connectivity index is 3.20. The van der Waals surface area contributed by atoms with Gasteiger partial charge in [-0.1, -0.05) is 6.92 Å². The third kappa shape index (κ3) is 5.39. The molecule has 0 heterocycles. The first-order valence-electron chi connectivity index (χ1n) is 6.54. The van der Waals surface area contributed by atoms with Gasteiger partial charge in [0.1, 0.15) is 11.5 Å². The number of hydrogen-bond donors (Lipinski definition) is 1. The molecule has 0 fully saturated rings. The minimum atomic E-state index is -4.27. The third-order valence-corrected chi connectivity index (χ3v) is 3.58. The van der Waals surface area contributed by atoms with Gasteiger partial charge in [-0.3, -0.25) is 0 Å². The lowest BCUT2D eigenvalue weighted by Gasteiger charge is -2.23.